The van der Waals surface area contributed by atoms with Gasteiger partial charge in [-0.15, -0.1) is 0 Å². The first-order valence-corrected chi connectivity index (χ1v) is 19.6. The van der Waals surface area contributed by atoms with Gasteiger partial charge < -0.3 is 20.1 Å². The number of aryl methyl sites for hydroxylation is 1. The number of piperidine rings is 2. The summed E-state index contributed by atoms with van der Waals surface area (Å²) in [7, 11) is -1.37. The van der Waals surface area contributed by atoms with Gasteiger partial charge in [-0.05, 0) is 98.4 Å². The van der Waals surface area contributed by atoms with Crippen LogP contribution in [0.2, 0.25) is 0 Å². The van der Waals surface area contributed by atoms with Crippen LogP contribution in [0.15, 0.2) is 64.4 Å². The van der Waals surface area contributed by atoms with Crippen LogP contribution in [0.1, 0.15) is 37.3 Å². The predicted octanol–water partition coefficient (Wildman–Crippen LogP) is 4.97. The van der Waals surface area contributed by atoms with E-state index in [4.69, 9.17) is 4.98 Å². The number of nitrogens with zero attached hydrogens (tertiary/aromatic N) is 5. The summed E-state index contributed by atoms with van der Waals surface area (Å²) >= 11 is -2.47. The number of rotatable bonds is 9. The van der Waals surface area contributed by atoms with Crippen molar-refractivity contribution in [1.82, 2.24) is 24.2 Å². The van der Waals surface area contributed by atoms with E-state index in [2.05, 4.69) is 27.6 Å². The second-order valence-electron chi connectivity index (χ2n) is 13.0. The lowest BCUT2D eigenvalue weighted by Crippen LogP contribution is -2.44. The lowest BCUT2D eigenvalue weighted by Gasteiger charge is -2.33. The minimum atomic E-state index is -4.68. The van der Waals surface area contributed by atoms with Gasteiger partial charge in [-0.3, -0.25) is 9.36 Å². The van der Waals surface area contributed by atoms with Crippen molar-refractivity contribution in [3.05, 3.63) is 70.6 Å². The first-order valence-electron chi connectivity index (χ1n) is 16.4. The Bertz CT molecular complexity index is 2010. The third-order valence-electron chi connectivity index (χ3n) is 9.35. The Morgan fingerprint density at radius 3 is 2.44 bits per heavy atom. The molecule has 2 aliphatic heterocycles. The van der Waals surface area contributed by atoms with Gasteiger partial charge in [0.05, 0.1) is 11.8 Å². The maximum atomic E-state index is 14.4. The number of pyridine rings is 1. The monoisotopic (exact) mass is 731 g/mol. The van der Waals surface area contributed by atoms with E-state index >= 15 is 0 Å². The number of likely N-dealkylation sites (N-methyl/N-ethyl adjacent to an activating group) is 1. The minimum absolute atomic E-state index is 0.0609. The topological polar surface area (TPSA) is 136 Å². The number of halogens is 3. The molecule has 16 heteroatoms. The molecule has 50 heavy (non-hydrogen) atoms. The summed E-state index contributed by atoms with van der Waals surface area (Å²) in [6.45, 7) is 4.00. The molecule has 0 spiro atoms. The highest BCUT2D eigenvalue weighted by Crippen LogP contribution is 2.34. The Kier molecular flexibility index (Phi) is 10.5. The Morgan fingerprint density at radius 1 is 1.08 bits per heavy atom. The van der Waals surface area contributed by atoms with Gasteiger partial charge in [-0.2, -0.15) is 18.2 Å². The third-order valence-corrected chi connectivity index (χ3v) is 12.1. The summed E-state index contributed by atoms with van der Waals surface area (Å²) in [6, 6.07) is 13.9. The van der Waals surface area contributed by atoms with Crippen LogP contribution in [0.4, 0.5) is 30.5 Å². The Morgan fingerprint density at radius 2 is 1.80 bits per heavy atom. The molecule has 4 heterocycles. The van der Waals surface area contributed by atoms with Crippen molar-refractivity contribution in [2.24, 2.45) is 0 Å². The summed E-state index contributed by atoms with van der Waals surface area (Å²) in [5.41, 5.74) is 2.34. The zero-order chi connectivity index (χ0) is 35.8. The first kappa shape index (κ1) is 36.1. The highest BCUT2D eigenvalue weighted by atomic mass is 32.2. The summed E-state index contributed by atoms with van der Waals surface area (Å²) in [4.78, 5) is 25.8. The molecule has 2 N–H and O–H groups in total. The fraction of sp³-hybridized carbons (Fsp3) is 0.441. The second kappa shape index (κ2) is 14.5. The average molecular weight is 732 g/mol. The molecule has 2 saturated heterocycles. The molecular formula is C34H40F3N7O4S2. The van der Waals surface area contributed by atoms with Gasteiger partial charge in [-0.25, -0.2) is 17.7 Å². The van der Waals surface area contributed by atoms with Crippen molar-refractivity contribution in [2.75, 3.05) is 55.5 Å². The van der Waals surface area contributed by atoms with Crippen LogP contribution in [0.25, 0.3) is 22.2 Å². The first-order chi connectivity index (χ1) is 23.7. The Balaban J connectivity index is 1.39. The smallest absolute Gasteiger partial charge is 0.433 e. The lowest BCUT2D eigenvalue weighted by molar-refractivity contribution is -0.106. The fourth-order valence-corrected chi connectivity index (χ4v) is 8.76. The molecule has 0 radical (unpaired) electrons. The average Bonchev–Trinajstić information content (AvgIpc) is 3.07. The number of fused-ring (bicyclic) bond motifs is 1. The van der Waals surface area contributed by atoms with Crippen LogP contribution in [-0.4, -0.2) is 89.3 Å². The molecule has 6 rings (SSSR count). The van der Waals surface area contributed by atoms with Gasteiger partial charge >= 0.3 is 6.18 Å². The third kappa shape index (κ3) is 8.09. The molecule has 0 aliphatic carbocycles. The van der Waals surface area contributed by atoms with Crippen molar-refractivity contribution in [2.45, 2.75) is 55.8 Å². The van der Waals surface area contributed by atoms with Gasteiger partial charge in [-0.1, -0.05) is 6.07 Å². The molecular weight excluding hydrogens is 692 g/mol. The van der Waals surface area contributed by atoms with E-state index in [0.29, 0.717) is 35.5 Å². The van der Waals surface area contributed by atoms with Gasteiger partial charge in [0.25, 0.3) is 5.56 Å². The molecule has 0 amide bonds. The van der Waals surface area contributed by atoms with Crippen molar-refractivity contribution in [3.8, 4) is 11.1 Å². The number of benzene rings is 2. The van der Waals surface area contributed by atoms with Crippen LogP contribution in [0.3, 0.4) is 0 Å². The molecule has 4 aromatic rings. The number of nitrogens with one attached hydrogen (secondary N) is 2. The predicted molar refractivity (Wildman–Crippen MR) is 190 cm³/mol. The maximum absolute atomic E-state index is 14.4. The van der Waals surface area contributed by atoms with Gasteiger partial charge in [0.1, 0.15) is 5.65 Å². The van der Waals surface area contributed by atoms with Gasteiger partial charge in [0.15, 0.2) is 4.90 Å². The van der Waals surface area contributed by atoms with Crippen molar-refractivity contribution >= 4 is 49.6 Å². The van der Waals surface area contributed by atoms with Crippen LogP contribution < -0.4 is 21.1 Å². The summed E-state index contributed by atoms with van der Waals surface area (Å²) in [6.07, 6.45) is 0.855. The molecule has 268 valence electrons. The fourth-order valence-electron chi connectivity index (χ4n) is 6.69. The molecule has 0 saturated carbocycles. The van der Waals surface area contributed by atoms with E-state index < -0.39 is 44.7 Å². The number of hydrogen-bond donors (Lipinski definition) is 2. The van der Waals surface area contributed by atoms with Gasteiger partial charge in [0.2, 0.25) is 21.7 Å². The van der Waals surface area contributed by atoms with Crippen molar-refractivity contribution in [1.29, 1.82) is 0 Å². The molecule has 2 fully saturated rings. The van der Waals surface area contributed by atoms with Crippen molar-refractivity contribution in [3.63, 3.8) is 0 Å². The van der Waals surface area contributed by atoms with Crippen LogP contribution in [0.5, 0.6) is 0 Å². The maximum Gasteiger partial charge on any atom is 0.433 e. The molecule has 2 aromatic carbocycles. The summed E-state index contributed by atoms with van der Waals surface area (Å²) in [5.74, 6) is -1.32. The normalized spacial score (nSPS) is 18.7. The largest absolute Gasteiger partial charge is 0.611 e. The van der Waals surface area contributed by atoms with E-state index in [9.17, 15) is 30.9 Å². The standard InChI is InChI=1S/C34H40F3N7O4S2/c1-22-6-11-28(30(17-22)49(46)21-34(35,36)37)29-18-23-19-39-33(40-24-7-9-25(10-8-24)42(2)27-5-4-14-38-20-27)41-31(23)44(32(29)45)26-12-15-43(16-13-26)50(3,47)48/h6-11,17-19,26-27,38H,4-5,12-16,20-21H2,1-3H3,(H,39,40,41). The number of anilines is 3. The molecule has 2 aliphatic rings. The molecule has 11 nitrogen and oxygen atoms in total. The molecule has 2 unspecified atom stereocenters. The number of alkyl halides is 3. The lowest BCUT2D eigenvalue weighted by atomic mass is 10.0. The number of hydrogen-bond acceptors (Lipinski definition) is 9. The zero-order valence-electron chi connectivity index (χ0n) is 28.0. The van der Waals surface area contributed by atoms with E-state index in [0.717, 1.165) is 43.6 Å². The second-order valence-corrected chi connectivity index (χ2v) is 16.4. The Hall–Kier alpha value is -3.70. The zero-order valence-corrected chi connectivity index (χ0v) is 29.7. The Labute approximate surface area is 292 Å². The van der Waals surface area contributed by atoms with Crippen LogP contribution in [0, 0.1) is 6.92 Å². The van der Waals surface area contributed by atoms with Crippen molar-refractivity contribution < 1.29 is 26.1 Å². The number of aromatic nitrogens is 3. The molecule has 2 aromatic heterocycles. The van der Waals surface area contributed by atoms with E-state index in [-0.39, 0.29) is 35.1 Å². The molecule has 2 atom stereocenters. The number of sulfonamides is 1. The SMILES string of the molecule is Cc1ccc(-c2cc3cnc(Nc4ccc(N(C)C5CCCNC5)cc4)nc3n(C3CCN(S(C)(=O)=O)CC3)c2=O)c([S+]([O-])CC(F)(F)F)c1. The van der Waals surface area contributed by atoms with Gasteiger partial charge in [0, 0.05) is 67.3 Å². The minimum Gasteiger partial charge on any atom is -0.611 e. The van der Waals surface area contributed by atoms with E-state index in [1.165, 1.54) is 33.3 Å². The van der Waals surface area contributed by atoms with E-state index in [1.54, 1.807) is 13.0 Å². The van der Waals surface area contributed by atoms with Crippen LogP contribution in [-0.2, 0) is 21.2 Å². The van der Waals surface area contributed by atoms with E-state index in [1.807, 2.05) is 24.3 Å². The van der Waals surface area contributed by atoms with Crippen LogP contribution >= 0.6 is 0 Å². The molecule has 0 bridgehead atoms. The highest BCUT2D eigenvalue weighted by Gasteiger charge is 2.37. The summed E-state index contributed by atoms with van der Waals surface area (Å²) in [5, 5.41) is 7.10. The summed E-state index contributed by atoms with van der Waals surface area (Å²) < 4.78 is 80.4. The highest BCUT2D eigenvalue weighted by molar-refractivity contribution is 7.91. The quantitative estimate of drug-likeness (QED) is 0.229.